The van der Waals surface area contributed by atoms with Crippen molar-refractivity contribution in [2.24, 2.45) is 5.92 Å². The van der Waals surface area contributed by atoms with E-state index in [1.807, 2.05) is 57.2 Å². The average Bonchev–Trinajstić information content (AvgIpc) is 3.37. The highest BCUT2D eigenvalue weighted by Gasteiger charge is 2.56. The molecule has 0 bridgehead atoms. The van der Waals surface area contributed by atoms with E-state index >= 15 is 4.79 Å². The standard InChI is InChI=1S/C34H46N2O3/c1-33(2,3)39-32(38)30-24-29(31(37)36(27-20-12-6-13-21-27)28-22-14-7-15-23-28)34(35-30,25-16-8-4-9-17-25)26-18-10-5-11-19-26/h4-5,8-11,16-19,27-30,35H,6-7,12-15,20-24H2,1-3H3/t29-,30+/m0/s1. The summed E-state index contributed by atoms with van der Waals surface area (Å²) in [7, 11) is 0. The van der Waals surface area contributed by atoms with Crippen molar-refractivity contribution in [2.45, 2.75) is 121 Å². The lowest BCUT2D eigenvalue weighted by molar-refractivity contribution is -0.157. The summed E-state index contributed by atoms with van der Waals surface area (Å²) in [4.78, 5) is 31.0. The third kappa shape index (κ3) is 5.94. The predicted octanol–water partition coefficient (Wildman–Crippen LogP) is 6.74. The van der Waals surface area contributed by atoms with Crippen molar-refractivity contribution >= 4 is 11.9 Å². The topological polar surface area (TPSA) is 58.6 Å². The van der Waals surface area contributed by atoms with Crippen molar-refractivity contribution in [3.05, 3.63) is 71.8 Å². The van der Waals surface area contributed by atoms with Crippen molar-refractivity contribution in [3.8, 4) is 0 Å². The second-order valence-corrected chi connectivity index (χ2v) is 12.9. The number of amides is 1. The van der Waals surface area contributed by atoms with Crippen LogP contribution < -0.4 is 5.32 Å². The summed E-state index contributed by atoms with van der Waals surface area (Å²) in [5.41, 5.74) is 0.628. The van der Waals surface area contributed by atoms with Gasteiger partial charge in [0.1, 0.15) is 11.6 Å². The molecule has 5 nitrogen and oxygen atoms in total. The zero-order valence-electron chi connectivity index (χ0n) is 24.0. The highest BCUT2D eigenvalue weighted by atomic mass is 16.6. The molecule has 0 radical (unpaired) electrons. The van der Waals surface area contributed by atoms with Crippen LogP contribution in [0.25, 0.3) is 0 Å². The van der Waals surface area contributed by atoms with Gasteiger partial charge in [0.15, 0.2) is 0 Å². The maximum absolute atomic E-state index is 15.1. The van der Waals surface area contributed by atoms with Crippen LogP contribution in [0.1, 0.15) is 103 Å². The van der Waals surface area contributed by atoms with Gasteiger partial charge in [0, 0.05) is 12.1 Å². The van der Waals surface area contributed by atoms with E-state index in [2.05, 4.69) is 34.5 Å². The molecule has 1 amide bonds. The molecule has 2 aliphatic carbocycles. The van der Waals surface area contributed by atoms with Gasteiger partial charge in [-0.3, -0.25) is 14.9 Å². The lowest BCUT2D eigenvalue weighted by Gasteiger charge is -2.46. The lowest BCUT2D eigenvalue weighted by atomic mass is 9.73. The Morgan fingerprint density at radius 2 is 1.23 bits per heavy atom. The van der Waals surface area contributed by atoms with Crippen LogP contribution in [-0.2, 0) is 19.9 Å². The van der Waals surface area contributed by atoms with Gasteiger partial charge in [0.05, 0.1) is 11.5 Å². The molecule has 2 saturated carbocycles. The second kappa shape index (κ2) is 11.8. The Hall–Kier alpha value is -2.66. The van der Waals surface area contributed by atoms with E-state index < -0.39 is 23.1 Å². The van der Waals surface area contributed by atoms with E-state index in [9.17, 15) is 4.79 Å². The molecule has 1 aliphatic heterocycles. The molecular weight excluding hydrogens is 484 g/mol. The number of ether oxygens (including phenoxy) is 1. The molecule has 3 fully saturated rings. The highest BCUT2D eigenvalue weighted by molar-refractivity contribution is 5.86. The van der Waals surface area contributed by atoms with Gasteiger partial charge in [-0.2, -0.15) is 0 Å². The number of nitrogens with zero attached hydrogens (tertiary/aromatic N) is 1. The van der Waals surface area contributed by atoms with E-state index in [0.29, 0.717) is 18.5 Å². The monoisotopic (exact) mass is 530 g/mol. The van der Waals surface area contributed by atoms with Gasteiger partial charge in [0.2, 0.25) is 5.91 Å². The van der Waals surface area contributed by atoms with Gasteiger partial charge < -0.3 is 9.64 Å². The molecule has 3 aliphatic rings. The Kier molecular flexibility index (Phi) is 8.46. The minimum absolute atomic E-state index is 0.208. The van der Waals surface area contributed by atoms with E-state index in [4.69, 9.17) is 4.74 Å². The van der Waals surface area contributed by atoms with Gasteiger partial charge >= 0.3 is 5.97 Å². The number of benzene rings is 2. The first-order valence-electron chi connectivity index (χ1n) is 15.2. The number of rotatable bonds is 6. The van der Waals surface area contributed by atoms with Crippen molar-refractivity contribution < 1.29 is 14.3 Å². The van der Waals surface area contributed by atoms with Crippen LogP contribution in [0.4, 0.5) is 0 Å². The zero-order valence-corrected chi connectivity index (χ0v) is 24.0. The van der Waals surface area contributed by atoms with Crippen molar-refractivity contribution in [1.29, 1.82) is 0 Å². The number of esters is 1. The molecule has 5 rings (SSSR count). The van der Waals surface area contributed by atoms with E-state index in [0.717, 1.165) is 36.8 Å². The Morgan fingerprint density at radius 3 is 1.67 bits per heavy atom. The van der Waals surface area contributed by atoms with E-state index in [1.165, 1.54) is 38.5 Å². The van der Waals surface area contributed by atoms with E-state index in [1.54, 1.807) is 0 Å². The molecule has 2 aromatic rings. The zero-order chi connectivity index (χ0) is 27.5. The van der Waals surface area contributed by atoms with E-state index in [-0.39, 0.29) is 11.9 Å². The summed E-state index contributed by atoms with van der Waals surface area (Å²) in [5, 5.41) is 3.73. The van der Waals surface area contributed by atoms with Gasteiger partial charge in [-0.15, -0.1) is 0 Å². The van der Waals surface area contributed by atoms with Gasteiger partial charge in [-0.05, 0) is 64.0 Å². The molecule has 0 unspecified atom stereocenters. The Labute approximate surface area is 234 Å². The largest absolute Gasteiger partial charge is 0.459 e. The van der Waals surface area contributed by atoms with Gasteiger partial charge in [-0.1, -0.05) is 99.2 Å². The highest BCUT2D eigenvalue weighted by Crippen LogP contribution is 2.47. The fourth-order valence-electron chi connectivity index (χ4n) is 7.36. The molecular formula is C34H46N2O3. The van der Waals surface area contributed by atoms with Crippen LogP contribution in [0, 0.1) is 5.92 Å². The number of carbonyl (C=O) groups is 2. The molecule has 1 saturated heterocycles. The number of carbonyl (C=O) groups excluding carboxylic acids is 2. The molecule has 2 aromatic carbocycles. The average molecular weight is 531 g/mol. The number of hydrogen-bond donors (Lipinski definition) is 1. The molecule has 5 heteroatoms. The smallest absolute Gasteiger partial charge is 0.323 e. The molecule has 0 aromatic heterocycles. The summed E-state index contributed by atoms with van der Waals surface area (Å²) < 4.78 is 5.88. The molecule has 1 heterocycles. The van der Waals surface area contributed by atoms with Gasteiger partial charge in [0.25, 0.3) is 0 Å². The Morgan fingerprint density at radius 1 is 0.769 bits per heavy atom. The minimum Gasteiger partial charge on any atom is -0.459 e. The predicted molar refractivity (Wildman–Crippen MR) is 155 cm³/mol. The Balaban J connectivity index is 1.61. The third-order valence-electron chi connectivity index (χ3n) is 9.03. The summed E-state index contributed by atoms with van der Waals surface area (Å²) in [6, 6.07) is 20.6. The normalized spacial score (nSPS) is 24.3. The first-order chi connectivity index (χ1) is 18.8. The number of nitrogens with one attached hydrogen (secondary N) is 1. The summed E-state index contributed by atoms with van der Waals surface area (Å²) in [5.74, 6) is -0.486. The maximum Gasteiger partial charge on any atom is 0.323 e. The third-order valence-corrected chi connectivity index (χ3v) is 9.03. The molecule has 1 N–H and O–H groups in total. The fourth-order valence-corrected chi connectivity index (χ4v) is 7.36. The quantitative estimate of drug-likeness (QED) is 0.420. The number of hydrogen-bond acceptors (Lipinski definition) is 4. The van der Waals surface area contributed by atoms with Crippen LogP contribution >= 0.6 is 0 Å². The maximum atomic E-state index is 15.1. The van der Waals surface area contributed by atoms with Gasteiger partial charge in [-0.25, -0.2) is 0 Å². The minimum atomic E-state index is -0.817. The fraction of sp³-hybridized carbons (Fsp3) is 0.588. The van der Waals surface area contributed by atoms with Crippen molar-refractivity contribution in [3.63, 3.8) is 0 Å². The van der Waals surface area contributed by atoms with Crippen molar-refractivity contribution in [2.75, 3.05) is 0 Å². The summed E-state index contributed by atoms with van der Waals surface area (Å²) in [6.45, 7) is 5.70. The first-order valence-corrected chi connectivity index (χ1v) is 15.2. The second-order valence-electron chi connectivity index (χ2n) is 12.9. The van der Waals surface area contributed by atoms with Crippen LogP contribution in [0.15, 0.2) is 60.7 Å². The van der Waals surface area contributed by atoms with Crippen LogP contribution in [-0.4, -0.2) is 40.5 Å². The molecule has 2 atom stereocenters. The Bertz CT molecular complexity index is 1040. The molecule has 210 valence electrons. The van der Waals surface area contributed by atoms with Crippen molar-refractivity contribution in [1.82, 2.24) is 10.2 Å². The lowest BCUT2D eigenvalue weighted by Crippen LogP contribution is -2.56. The molecule has 39 heavy (non-hydrogen) atoms. The van der Waals surface area contributed by atoms with Crippen LogP contribution in [0.3, 0.4) is 0 Å². The SMILES string of the molecule is CC(C)(C)OC(=O)[C@H]1C[C@@H](C(=O)N(C2CCCCC2)C2CCCCC2)C(c2ccccc2)(c2ccccc2)N1. The van der Waals surface area contributed by atoms with Crippen LogP contribution in [0.5, 0.6) is 0 Å². The summed E-state index contributed by atoms with van der Waals surface area (Å²) in [6.07, 6.45) is 12.0. The first kappa shape index (κ1) is 27.9. The summed E-state index contributed by atoms with van der Waals surface area (Å²) >= 11 is 0. The van der Waals surface area contributed by atoms with Crippen LogP contribution in [0.2, 0.25) is 0 Å². The molecule has 0 spiro atoms.